The van der Waals surface area contributed by atoms with Gasteiger partial charge >= 0.3 is 0 Å². The number of aryl methyl sites for hydroxylation is 1. The second kappa shape index (κ2) is 8.60. The molecule has 0 aromatic heterocycles. The molecule has 0 unspecified atom stereocenters. The van der Waals surface area contributed by atoms with Crippen molar-refractivity contribution in [3.05, 3.63) is 35.4 Å². The van der Waals surface area contributed by atoms with E-state index in [1.54, 1.807) is 0 Å². The normalized spacial score (nSPS) is 12.4. The molecule has 3 heteroatoms. The third-order valence-corrected chi connectivity index (χ3v) is 4.48. The van der Waals surface area contributed by atoms with Crippen molar-refractivity contribution >= 4 is 5.78 Å². The zero-order valence-electron chi connectivity index (χ0n) is 15.1. The maximum absolute atomic E-state index is 12.2. The number of aliphatic hydroxyl groups excluding tert-OH is 2. The first-order valence-electron chi connectivity index (χ1n) is 8.53. The minimum atomic E-state index is -0.199. The second-order valence-electron chi connectivity index (χ2n) is 8.12. The fraction of sp³-hybridized carbons (Fsp3) is 0.650. The highest BCUT2D eigenvalue weighted by atomic mass is 16.3. The summed E-state index contributed by atoms with van der Waals surface area (Å²) in [6, 6.07) is 7.86. The molecule has 0 fully saturated rings. The highest BCUT2D eigenvalue weighted by Gasteiger charge is 2.19. The van der Waals surface area contributed by atoms with E-state index >= 15 is 0 Å². The molecule has 0 bridgehead atoms. The van der Waals surface area contributed by atoms with Gasteiger partial charge in [-0.1, -0.05) is 52.0 Å². The van der Waals surface area contributed by atoms with Crippen LogP contribution in [-0.4, -0.2) is 29.2 Å². The van der Waals surface area contributed by atoms with Crippen LogP contribution >= 0.6 is 0 Å². The molecule has 0 saturated carbocycles. The smallest absolute Gasteiger partial charge is 0.162 e. The zero-order valence-corrected chi connectivity index (χ0v) is 15.1. The SMILES string of the molecule is CC(C)(CO)CCCc1ccc(C(=O)CCC(C)(C)CO)cc1. The summed E-state index contributed by atoms with van der Waals surface area (Å²) in [6.45, 7) is 8.40. The highest BCUT2D eigenvalue weighted by molar-refractivity contribution is 5.96. The monoisotopic (exact) mass is 320 g/mol. The molecule has 0 aliphatic carbocycles. The van der Waals surface area contributed by atoms with Crippen LogP contribution in [0.5, 0.6) is 0 Å². The van der Waals surface area contributed by atoms with E-state index < -0.39 is 0 Å². The number of aliphatic hydroxyl groups is 2. The van der Waals surface area contributed by atoms with Crippen LogP contribution in [0.1, 0.15) is 69.3 Å². The van der Waals surface area contributed by atoms with Crippen LogP contribution < -0.4 is 0 Å². The quantitative estimate of drug-likeness (QED) is 0.640. The van der Waals surface area contributed by atoms with Crippen LogP contribution in [0.4, 0.5) is 0 Å². The number of Topliss-reactive ketones (excluding diaryl/α,β-unsaturated/α-hetero) is 1. The minimum absolute atomic E-state index is 0.0184. The van der Waals surface area contributed by atoms with Gasteiger partial charge in [0.15, 0.2) is 5.78 Å². The molecule has 0 amide bonds. The lowest BCUT2D eigenvalue weighted by molar-refractivity contribution is 0.0933. The fourth-order valence-corrected chi connectivity index (χ4v) is 2.38. The molecule has 0 saturated heterocycles. The van der Waals surface area contributed by atoms with Crippen molar-refractivity contribution < 1.29 is 15.0 Å². The molecule has 2 N–H and O–H groups in total. The Morgan fingerprint density at radius 2 is 1.43 bits per heavy atom. The summed E-state index contributed by atoms with van der Waals surface area (Å²) in [6.07, 6.45) is 4.15. The molecule has 0 atom stereocenters. The molecular weight excluding hydrogens is 288 g/mol. The van der Waals surface area contributed by atoms with Gasteiger partial charge in [0.1, 0.15) is 0 Å². The average molecular weight is 320 g/mol. The Morgan fingerprint density at radius 3 is 1.96 bits per heavy atom. The first-order chi connectivity index (χ1) is 10.7. The molecule has 0 heterocycles. The third kappa shape index (κ3) is 7.28. The molecule has 130 valence electrons. The predicted molar refractivity (Wildman–Crippen MR) is 94.7 cm³/mol. The Hall–Kier alpha value is -1.19. The fourth-order valence-electron chi connectivity index (χ4n) is 2.38. The lowest BCUT2D eigenvalue weighted by Crippen LogP contribution is -2.18. The Kier molecular flexibility index (Phi) is 7.43. The van der Waals surface area contributed by atoms with Crippen LogP contribution in [0, 0.1) is 10.8 Å². The molecule has 0 aliphatic rings. The number of rotatable bonds is 10. The molecule has 23 heavy (non-hydrogen) atoms. The van der Waals surface area contributed by atoms with Crippen molar-refractivity contribution in [2.24, 2.45) is 10.8 Å². The highest BCUT2D eigenvalue weighted by Crippen LogP contribution is 2.24. The standard InChI is InChI=1S/C20H32O3/c1-19(2,14-21)12-5-6-16-7-9-17(10-8-16)18(23)11-13-20(3,4)15-22/h7-10,21-22H,5-6,11-15H2,1-4H3. The van der Waals surface area contributed by atoms with Gasteiger partial charge in [-0.3, -0.25) is 4.79 Å². The van der Waals surface area contributed by atoms with Crippen LogP contribution in [0.3, 0.4) is 0 Å². The molecule has 1 rings (SSSR count). The van der Waals surface area contributed by atoms with Crippen molar-refractivity contribution in [1.29, 1.82) is 0 Å². The Labute approximate surface area is 140 Å². The molecule has 3 nitrogen and oxygen atoms in total. The van der Waals surface area contributed by atoms with Gasteiger partial charge in [-0.05, 0) is 42.1 Å². The number of ketones is 1. The summed E-state index contributed by atoms with van der Waals surface area (Å²) in [5, 5.41) is 18.5. The lowest BCUT2D eigenvalue weighted by atomic mass is 9.86. The van der Waals surface area contributed by atoms with Gasteiger partial charge < -0.3 is 10.2 Å². The Bertz CT molecular complexity index is 486. The van der Waals surface area contributed by atoms with E-state index in [0.717, 1.165) is 24.8 Å². The number of carbonyl (C=O) groups excluding carboxylic acids is 1. The molecule has 0 spiro atoms. The van der Waals surface area contributed by atoms with Gasteiger partial charge in [0, 0.05) is 25.2 Å². The number of benzene rings is 1. The van der Waals surface area contributed by atoms with Gasteiger partial charge in [-0.2, -0.15) is 0 Å². The van der Waals surface area contributed by atoms with Crippen molar-refractivity contribution in [3.63, 3.8) is 0 Å². The van der Waals surface area contributed by atoms with Gasteiger partial charge in [0.2, 0.25) is 0 Å². The summed E-state index contributed by atoms with van der Waals surface area (Å²) < 4.78 is 0. The Balaban J connectivity index is 2.48. The zero-order chi connectivity index (χ0) is 17.5. The maximum atomic E-state index is 12.2. The average Bonchev–Trinajstić information content (AvgIpc) is 2.53. The van der Waals surface area contributed by atoms with Crippen molar-refractivity contribution in [2.75, 3.05) is 13.2 Å². The van der Waals surface area contributed by atoms with Gasteiger partial charge in [-0.15, -0.1) is 0 Å². The summed E-state index contributed by atoms with van der Waals surface area (Å²) in [5.41, 5.74) is 1.76. The number of hydrogen-bond donors (Lipinski definition) is 2. The van der Waals surface area contributed by atoms with Gasteiger partial charge in [0.25, 0.3) is 0 Å². The van der Waals surface area contributed by atoms with Gasteiger partial charge in [-0.25, -0.2) is 0 Å². The summed E-state index contributed by atoms with van der Waals surface area (Å²) in [7, 11) is 0. The number of hydrogen-bond acceptors (Lipinski definition) is 3. The summed E-state index contributed by atoms with van der Waals surface area (Å²) in [4.78, 5) is 12.2. The van der Waals surface area contributed by atoms with Crippen LogP contribution in [0.15, 0.2) is 24.3 Å². The predicted octanol–water partition coefficient (Wildman–Crippen LogP) is 4.01. The van der Waals surface area contributed by atoms with E-state index in [-0.39, 0.29) is 29.8 Å². The first kappa shape index (κ1) is 19.9. The largest absolute Gasteiger partial charge is 0.396 e. The van der Waals surface area contributed by atoms with Crippen molar-refractivity contribution in [2.45, 2.75) is 59.8 Å². The first-order valence-corrected chi connectivity index (χ1v) is 8.53. The van der Waals surface area contributed by atoms with E-state index in [2.05, 4.69) is 13.8 Å². The van der Waals surface area contributed by atoms with E-state index in [0.29, 0.717) is 12.8 Å². The topological polar surface area (TPSA) is 57.5 Å². The lowest BCUT2D eigenvalue weighted by Gasteiger charge is -2.21. The molecule has 0 aliphatic heterocycles. The Morgan fingerprint density at radius 1 is 0.913 bits per heavy atom. The summed E-state index contributed by atoms with van der Waals surface area (Å²) in [5.74, 6) is 0.138. The van der Waals surface area contributed by atoms with E-state index in [9.17, 15) is 15.0 Å². The van der Waals surface area contributed by atoms with Crippen LogP contribution in [0.2, 0.25) is 0 Å². The second-order valence-corrected chi connectivity index (χ2v) is 8.12. The van der Waals surface area contributed by atoms with Crippen LogP contribution in [0.25, 0.3) is 0 Å². The maximum Gasteiger partial charge on any atom is 0.162 e. The number of carbonyl (C=O) groups is 1. The van der Waals surface area contributed by atoms with Crippen LogP contribution in [-0.2, 0) is 6.42 Å². The minimum Gasteiger partial charge on any atom is -0.396 e. The van der Waals surface area contributed by atoms with Gasteiger partial charge in [0.05, 0.1) is 0 Å². The molecule has 1 aromatic carbocycles. The van der Waals surface area contributed by atoms with E-state index in [4.69, 9.17) is 0 Å². The molecular formula is C20H32O3. The van der Waals surface area contributed by atoms with E-state index in [1.165, 1.54) is 5.56 Å². The summed E-state index contributed by atoms with van der Waals surface area (Å²) >= 11 is 0. The third-order valence-electron chi connectivity index (χ3n) is 4.48. The molecule has 0 radical (unpaired) electrons. The van der Waals surface area contributed by atoms with Crippen molar-refractivity contribution in [3.8, 4) is 0 Å². The molecule has 1 aromatic rings. The van der Waals surface area contributed by atoms with E-state index in [1.807, 2.05) is 38.1 Å². The van der Waals surface area contributed by atoms with Crippen molar-refractivity contribution in [1.82, 2.24) is 0 Å².